The highest BCUT2D eigenvalue weighted by Crippen LogP contribution is 2.29. The van der Waals surface area contributed by atoms with Crippen LogP contribution in [0.15, 0.2) is 36.4 Å². The SMILES string of the molecule is CC(O)COc1nnc(Cl)cc1-c1ccccc1. The molecule has 0 aliphatic rings. The lowest BCUT2D eigenvalue weighted by Crippen LogP contribution is -2.14. The van der Waals surface area contributed by atoms with E-state index in [-0.39, 0.29) is 6.61 Å². The van der Waals surface area contributed by atoms with E-state index in [0.29, 0.717) is 11.0 Å². The van der Waals surface area contributed by atoms with Gasteiger partial charge in [0.1, 0.15) is 6.61 Å². The third-order valence-electron chi connectivity index (χ3n) is 2.28. The van der Waals surface area contributed by atoms with Gasteiger partial charge in [0, 0.05) is 5.56 Å². The van der Waals surface area contributed by atoms with Crippen molar-refractivity contribution >= 4 is 11.6 Å². The Bertz CT molecular complexity index is 518. The van der Waals surface area contributed by atoms with Gasteiger partial charge < -0.3 is 9.84 Å². The Hall–Kier alpha value is -1.65. The average Bonchev–Trinajstić information content (AvgIpc) is 2.38. The van der Waals surface area contributed by atoms with Crippen LogP contribution in [0, 0.1) is 0 Å². The maximum atomic E-state index is 9.23. The van der Waals surface area contributed by atoms with Crippen LogP contribution in [0.1, 0.15) is 6.92 Å². The maximum absolute atomic E-state index is 9.23. The van der Waals surface area contributed by atoms with Crippen LogP contribution in [-0.2, 0) is 0 Å². The fraction of sp³-hybridized carbons (Fsp3) is 0.231. The second-order valence-electron chi connectivity index (χ2n) is 3.91. The van der Waals surface area contributed by atoms with Crippen molar-refractivity contribution in [3.05, 3.63) is 41.6 Å². The van der Waals surface area contributed by atoms with Gasteiger partial charge in [-0.2, -0.15) is 0 Å². The molecule has 0 saturated carbocycles. The largest absolute Gasteiger partial charge is 0.473 e. The zero-order chi connectivity index (χ0) is 13.0. The van der Waals surface area contributed by atoms with E-state index in [1.807, 2.05) is 30.3 Å². The molecule has 0 amide bonds. The molecule has 0 saturated heterocycles. The van der Waals surface area contributed by atoms with E-state index in [4.69, 9.17) is 16.3 Å². The number of aliphatic hydroxyl groups excluding tert-OH is 1. The zero-order valence-corrected chi connectivity index (χ0v) is 10.6. The van der Waals surface area contributed by atoms with Gasteiger partial charge in [0.25, 0.3) is 0 Å². The first-order valence-electron chi connectivity index (χ1n) is 5.56. The minimum atomic E-state index is -0.564. The summed E-state index contributed by atoms with van der Waals surface area (Å²) in [5, 5.41) is 17.2. The van der Waals surface area contributed by atoms with Gasteiger partial charge in [-0.15, -0.1) is 10.2 Å². The standard InChI is InChI=1S/C13H13ClN2O2/c1-9(17)8-18-13-11(7-12(14)15-16-13)10-5-3-2-4-6-10/h2-7,9,17H,8H2,1H3. The van der Waals surface area contributed by atoms with E-state index in [9.17, 15) is 5.11 Å². The first kappa shape index (κ1) is 12.8. The Morgan fingerprint density at radius 2 is 2.00 bits per heavy atom. The van der Waals surface area contributed by atoms with Crippen LogP contribution in [0.2, 0.25) is 5.15 Å². The lowest BCUT2D eigenvalue weighted by atomic mass is 10.1. The molecule has 18 heavy (non-hydrogen) atoms. The molecule has 4 nitrogen and oxygen atoms in total. The molecular formula is C13H13ClN2O2. The fourth-order valence-electron chi connectivity index (χ4n) is 1.49. The average molecular weight is 265 g/mol. The Balaban J connectivity index is 2.35. The van der Waals surface area contributed by atoms with Crippen LogP contribution >= 0.6 is 11.6 Å². The van der Waals surface area contributed by atoms with Gasteiger partial charge in [0.05, 0.1) is 6.10 Å². The number of hydrogen-bond donors (Lipinski definition) is 1. The Morgan fingerprint density at radius 1 is 1.28 bits per heavy atom. The number of nitrogens with zero attached hydrogens (tertiary/aromatic N) is 2. The minimum Gasteiger partial charge on any atom is -0.473 e. The number of ether oxygens (including phenoxy) is 1. The first-order valence-corrected chi connectivity index (χ1v) is 5.94. The highest BCUT2D eigenvalue weighted by Gasteiger charge is 2.10. The smallest absolute Gasteiger partial charge is 0.241 e. The molecule has 1 N–H and O–H groups in total. The molecule has 2 rings (SSSR count). The number of aliphatic hydroxyl groups is 1. The summed E-state index contributed by atoms with van der Waals surface area (Å²) < 4.78 is 5.43. The van der Waals surface area contributed by atoms with E-state index in [1.54, 1.807) is 13.0 Å². The number of halogens is 1. The Morgan fingerprint density at radius 3 is 2.67 bits per heavy atom. The minimum absolute atomic E-state index is 0.163. The lowest BCUT2D eigenvalue weighted by Gasteiger charge is -2.11. The predicted octanol–water partition coefficient (Wildman–Crippen LogP) is 2.56. The Kier molecular flexibility index (Phi) is 4.12. The molecule has 1 atom stereocenters. The number of hydrogen-bond acceptors (Lipinski definition) is 4. The van der Waals surface area contributed by atoms with Gasteiger partial charge in [-0.25, -0.2) is 0 Å². The first-order chi connectivity index (χ1) is 8.66. The van der Waals surface area contributed by atoms with Gasteiger partial charge >= 0.3 is 0 Å². The molecule has 0 spiro atoms. The van der Waals surface area contributed by atoms with Gasteiger partial charge in [0.2, 0.25) is 5.88 Å². The normalized spacial score (nSPS) is 12.2. The molecule has 0 radical (unpaired) electrons. The van der Waals surface area contributed by atoms with Crippen LogP contribution in [0.3, 0.4) is 0 Å². The second-order valence-corrected chi connectivity index (χ2v) is 4.30. The van der Waals surface area contributed by atoms with Crippen LogP contribution < -0.4 is 4.74 Å². The van der Waals surface area contributed by atoms with E-state index in [1.165, 1.54) is 0 Å². The summed E-state index contributed by atoms with van der Waals surface area (Å²) in [6.07, 6.45) is -0.564. The molecule has 0 bridgehead atoms. The van der Waals surface area contributed by atoms with Crippen LogP contribution in [0.25, 0.3) is 11.1 Å². The number of aromatic nitrogens is 2. The molecule has 5 heteroatoms. The Labute approximate surface area is 110 Å². The molecular weight excluding hydrogens is 252 g/mol. The van der Waals surface area contributed by atoms with Crippen molar-refractivity contribution in [2.45, 2.75) is 13.0 Å². The number of benzene rings is 1. The predicted molar refractivity (Wildman–Crippen MR) is 69.7 cm³/mol. The topological polar surface area (TPSA) is 55.2 Å². The van der Waals surface area contributed by atoms with Gasteiger partial charge in [-0.3, -0.25) is 0 Å². The van der Waals surface area contributed by atoms with Crippen LogP contribution in [0.5, 0.6) is 5.88 Å². The molecule has 1 aromatic carbocycles. The van der Waals surface area contributed by atoms with Crippen molar-refractivity contribution in [1.82, 2.24) is 10.2 Å². The van der Waals surface area contributed by atoms with Crippen molar-refractivity contribution in [3.8, 4) is 17.0 Å². The summed E-state index contributed by atoms with van der Waals surface area (Å²) in [6, 6.07) is 11.3. The van der Waals surface area contributed by atoms with Crippen LogP contribution in [-0.4, -0.2) is 28.0 Å². The monoisotopic (exact) mass is 264 g/mol. The van der Waals surface area contributed by atoms with Gasteiger partial charge in [-0.1, -0.05) is 41.9 Å². The fourth-order valence-corrected chi connectivity index (χ4v) is 1.63. The van der Waals surface area contributed by atoms with Gasteiger partial charge in [-0.05, 0) is 18.6 Å². The zero-order valence-electron chi connectivity index (χ0n) is 9.88. The third kappa shape index (κ3) is 3.18. The summed E-state index contributed by atoms with van der Waals surface area (Å²) in [4.78, 5) is 0. The molecule has 1 aromatic heterocycles. The van der Waals surface area contributed by atoms with Crippen molar-refractivity contribution in [1.29, 1.82) is 0 Å². The maximum Gasteiger partial charge on any atom is 0.241 e. The van der Waals surface area contributed by atoms with E-state index < -0.39 is 6.10 Å². The summed E-state index contributed by atoms with van der Waals surface area (Å²) in [5.41, 5.74) is 1.70. The van der Waals surface area contributed by atoms with Crippen molar-refractivity contribution in [2.75, 3.05) is 6.61 Å². The van der Waals surface area contributed by atoms with E-state index in [2.05, 4.69) is 10.2 Å². The third-order valence-corrected chi connectivity index (χ3v) is 2.46. The molecule has 1 unspecified atom stereocenters. The number of rotatable bonds is 4. The molecule has 0 aliphatic carbocycles. The molecule has 94 valence electrons. The van der Waals surface area contributed by atoms with Crippen molar-refractivity contribution < 1.29 is 9.84 Å². The summed E-state index contributed by atoms with van der Waals surface area (Å²) in [5.74, 6) is 0.367. The summed E-state index contributed by atoms with van der Waals surface area (Å²) in [6.45, 7) is 1.81. The second kappa shape index (κ2) is 5.80. The molecule has 1 heterocycles. The molecule has 0 aliphatic heterocycles. The highest BCUT2D eigenvalue weighted by molar-refractivity contribution is 6.29. The summed E-state index contributed by atoms with van der Waals surface area (Å²) in [7, 11) is 0. The lowest BCUT2D eigenvalue weighted by molar-refractivity contribution is 0.119. The summed E-state index contributed by atoms with van der Waals surface area (Å²) >= 11 is 5.85. The van der Waals surface area contributed by atoms with Crippen molar-refractivity contribution in [3.63, 3.8) is 0 Å². The van der Waals surface area contributed by atoms with Crippen molar-refractivity contribution in [2.24, 2.45) is 0 Å². The quantitative estimate of drug-likeness (QED) is 0.922. The van der Waals surface area contributed by atoms with Gasteiger partial charge in [0.15, 0.2) is 5.15 Å². The molecule has 0 fully saturated rings. The van der Waals surface area contributed by atoms with E-state index >= 15 is 0 Å². The highest BCUT2D eigenvalue weighted by atomic mass is 35.5. The van der Waals surface area contributed by atoms with Crippen LogP contribution in [0.4, 0.5) is 0 Å². The van der Waals surface area contributed by atoms with E-state index in [0.717, 1.165) is 11.1 Å². The molecule has 2 aromatic rings.